The van der Waals surface area contributed by atoms with Crippen molar-refractivity contribution < 1.29 is 23.1 Å². The number of hydrogen-bond donors (Lipinski definition) is 1. The van der Waals surface area contributed by atoms with Gasteiger partial charge in [0.15, 0.2) is 6.61 Å². The van der Waals surface area contributed by atoms with Crippen LogP contribution in [-0.4, -0.2) is 18.5 Å². The third-order valence-electron chi connectivity index (χ3n) is 3.19. The van der Waals surface area contributed by atoms with Gasteiger partial charge in [-0.05, 0) is 36.9 Å². The van der Waals surface area contributed by atoms with Gasteiger partial charge in [0.1, 0.15) is 16.5 Å². The number of hydrogen-bond acceptors (Lipinski definition) is 4. The average Bonchev–Trinajstić information content (AvgIpc) is 2.90. The first kappa shape index (κ1) is 17.1. The van der Waals surface area contributed by atoms with Gasteiger partial charge in [-0.2, -0.15) is 0 Å². The lowest BCUT2D eigenvalue weighted by Crippen LogP contribution is -2.31. The Kier molecular flexibility index (Phi) is 5.44. The summed E-state index contributed by atoms with van der Waals surface area (Å²) in [4.78, 5) is 24.0. The molecule has 0 fully saturated rings. The van der Waals surface area contributed by atoms with E-state index in [0.29, 0.717) is 4.88 Å². The van der Waals surface area contributed by atoms with E-state index in [9.17, 15) is 18.4 Å². The fourth-order valence-electron chi connectivity index (χ4n) is 1.99. The zero-order valence-electron chi connectivity index (χ0n) is 12.6. The first-order valence-corrected chi connectivity index (χ1v) is 7.72. The summed E-state index contributed by atoms with van der Waals surface area (Å²) < 4.78 is 31.4. The SMILES string of the molecule is Cc1ccsc1C(=O)OCC(=O)N[C@@H](C)c1ccc(F)cc1F. The van der Waals surface area contributed by atoms with E-state index in [1.54, 1.807) is 25.3 Å². The predicted molar refractivity (Wildman–Crippen MR) is 82.3 cm³/mol. The highest BCUT2D eigenvalue weighted by atomic mass is 32.1. The summed E-state index contributed by atoms with van der Waals surface area (Å²) in [7, 11) is 0. The summed E-state index contributed by atoms with van der Waals surface area (Å²) in [5, 5.41) is 4.25. The Balaban J connectivity index is 1.89. The fraction of sp³-hybridized carbons (Fsp3) is 0.250. The highest BCUT2D eigenvalue weighted by molar-refractivity contribution is 7.12. The lowest BCUT2D eigenvalue weighted by atomic mass is 10.1. The van der Waals surface area contributed by atoms with Crippen molar-refractivity contribution in [2.45, 2.75) is 19.9 Å². The molecule has 1 heterocycles. The lowest BCUT2D eigenvalue weighted by molar-refractivity contribution is -0.124. The molecule has 0 aliphatic carbocycles. The van der Waals surface area contributed by atoms with Gasteiger partial charge in [0.05, 0.1) is 6.04 Å². The Morgan fingerprint density at radius 3 is 2.65 bits per heavy atom. The second-order valence-electron chi connectivity index (χ2n) is 4.96. The molecule has 1 aromatic heterocycles. The van der Waals surface area contributed by atoms with Gasteiger partial charge in [-0.1, -0.05) is 6.07 Å². The summed E-state index contributed by atoms with van der Waals surface area (Å²) >= 11 is 1.23. The zero-order chi connectivity index (χ0) is 17.0. The number of nitrogens with one attached hydrogen (secondary N) is 1. The maximum absolute atomic E-state index is 13.6. The number of ether oxygens (including phenoxy) is 1. The van der Waals surface area contributed by atoms with Gasteiger partial charge in [0, 0.05) is 11.6 Å². The number of carbonyl (C=O) groups excluding carboxylic acids is 2. The molecule has 0 aliphatic heterocycles. The molecule has 0 aliphatic rings. The molecule has 0 spiro atoms. The van der Waals surface area contributed by atoms with Gasteiger partial charge >= 0.3 is 5.97 Å². The van der Waals surface area contributed by atoms with Crippen molar-refractivity contribution in [2.75, 3.05) is 6.61 Å². The molecule has 1 N–H and O–H groups in total. The fourth-order valence-corrected chi connectivity index (χ4v) is 2.81. The van der Waals surface area contributed by atoms with E-state index in [-0.39, 0.29) is 5.56 Å². The molecule has 23 heavy (non-hydrogen) atoms. The largest absolute Gasteiger partial charge is 0.451 e. The van der Waals surface area contributed by atoms with Gasteiger partial charge in [-0.15, -0.1) is 11.3 Å². The minimum Gasteiger partial charge on any atom is -0.451 e. The molecule has 2 rings (SSSR count). The van der Waals surface area contributed by atoms with E-state index < -0.39 is 36.2 Å². The highest BCUT2D eigenvalue weighted by Crippen LogP contribution is 2.18. The normalized spacial score (nSPS) is 11.8. The van der Waals surface area contributed by atoms with Crippen LogP contribution in [0.25, 0.3) is 0 Å². The molecule has 1 atom stereocenters. The topological polar surface area (TPSA) is 55.4 Å². The molecule has 1 aromatic carbocycles. The van der Waals surface area contributed by atoms with Gasteiger partial charge in [0.25, 0.3) is 5.91 Å². The summed E-state index contributed by atoms with van der Waals surface area (Å²) in [6.07, 6.45) is 0. The molecule has 2 aromatic rings. The van der Waals surface area contributed by atoms with E-state index in [1.807, 2.05) is 0 Å². The van der Waals surface area contributed by atoms with Crippen LogP contribution in [0.2, 0.25) is 0 Å². The van der Waals surface area contributed by atoms with Crippen LogP contribution in [0, 0.1) is 18.6 Å². The lowest BCUT2D eigenvalue weighted by Gasteiger charge is -2.15. The van der Waals surface area contributed by atoms with E-state index in [2.05, 4.69) is 5.32 Å². The number of carbonyl (C=O) groups is 2. The molecule has 0 bridgehead atoms. The summed E-state index contributed by atoms with van der Waals surface area (Å²) in [5.41, 5.74) is 0.933. The Morgan fingerprint density at radius 2 is 2.04 bits per heavy atom. The maximum atomic E-state index is 13.6. The van der Waals surface area contributed by atoms with Crippen molar-refractivity contribution in [3.8, 4) is 0 Å². The van der Waals surface area contributed by atoms with Crippen LogP contribution in [0.1, 0.15) is 33.8 Å². The molecule has 7 heteroatoms. The Morgan fingerprint density at radius 1 is 1.30 bits per heavy atom. The second kappa shape index (κ2) is 7.32. The Bertz CT molecular complexity index is 730. The molecule has 122 valence electrons. The van der Waals surface area contributed by atoms with Crippen LogP contribution in [-0.2, 0) is 9.53 Å². The minimum atomic E-state index is -0.746. The smallest absolute Gasteiger partial charge is 0.349 e. The molecule has 1 amide bonds. The third kappa shape index (κ3) is 4.35. The van der Waals surface area contributed by atoms with Crippen molar-refractivity contribution >= 4 is 23.2 Å². The summed E-state index contributed by atoms with van der Waals surface area (Å²) in [6, 6.07) is 4.22. The van der Waals surface area contributed by atoms with Crippen LogP contribution >= 0.6 is 11.3 Å². The van der Waals surface area contributed by atoms with Crippen molar-refractivity contribution in [1.82, 2.24) is 5.32 Å². The number of esters is 1. The Labute approximate surface area is 136 Å². The van der Waals surface area contributed by atoms with Crippen molar-refractivity contribution in [3.63, 3.8) is 0 Å². The minimum absolute atomic E-state index is 0.153. The average molecular weight is 339 g/mol. The molecular weight excluding hydrogens is 324 g/mol. The quantitative estimate of drug-likeness (QED) is 0.850. The number of halogens is 2. The standard InChI is InChI=1S/C16H15F2NO3S/c1-9-5-6-23-15(9)16(21)22-8-14(20)19-10(2)12-4-3-11(17)7-13(12)18/h3-7,10H,8H2,1-2H3,(H,19,20)/t10-/m0/s1. The van der Waals surface area contributed by atoms with Crippen LogP contribution < -0.4 is 5.32 Å². The van der Waals surface area contributed by atoms with Crippen LogP contribution in [0.4, 0.5) is 8.78 Å². The maximum Gasteiger partial charge on any atom is 0.349 e. The number of thiophene rings is 1. The monoisotopic (exact) mass is 339 g/mol. The van der Waals surface area contributed by atoms with Gasteiger partial charge in [-0.3, -0.25) is 4.79 Å². The number of rotatable bonds is 5. The van der Waals surface area contributed by atoms with E-state index in [1.165, 1.54) is 17.4 Å². The Hall–Kier alpha value is -2.28. The third-order valence-corrected chi connectivity index (χ3v) is 4.18. The van der Waals surface area contributed by atoms with Crippen LogP contribution in [0.15, 0.2) is 29.6 Å². The second-order valence-corrected chi connectivity index (χ2v) is 5.88. The van der Waals surface area contributed by atoms with E-state index in [4.69, 9.17) is 4.74 Å². The van der Waals surface area contributed by atoms with Crippen molar-refractivity contribution in [3.05, 3.63) is 57.3 Å². The summed E-state index contributed by atoms with van der Waals surface area (Å²) in [5.74, 6) is -2.58. The number of amides is 1. The van der Waals surface area contributed by atoms with Gasteiger partial charge < -0.3 is 10.1 Å². The van der Waals surface area contributed by atoms with Crippen molar-refractivity contribution in [2.24, 2.45) is 0 Å². The van der Waals surface area contributed by atoms with Crippen LogP contribution in [0.5, 0.6) is 0 Å². The molecular formula is C16H15F2NO3S. The van der Waals surface area contributed by atoms with Gasteiger partial charge in [0.2, 0.25) is 0 Å². The molecule has 0 saturated carbocycles. The molecule has 0 unspecified atom stereocenters. The van der Waals surface area contributed by atoms with Crippen LogP contribution in [0.3, 0.4) is 0 Å². The number of benzene rings is 1. The first-order chi connectivity index (χ1) is 10.9. The number of aryl methyl sites for hydroxylation is 1. The molecule has 0 saturated heterocycles. The highest BCUT2D eigenvalue weighted by Gasteiger charge is 2.17. The molecule has 0 radical (unpaired) electrons. The molecule has 4 nitrogen and oxygen atoms in total. The zero-order valence-corrected chi connectivity index (χ0v) is 13.4. The first-order valence-electron chi connectivity index (χ1n) is 6.84. The summed E-state index contributed by atoms with van der Waals surface area (Å²) in [6.45, 7) is 2.86. The van der Waals surface area contributed by atoms with Gasteiger partial charge in [-0.25, -0.2) is 13.6 Å². The van der Waals surface area contributed by atoms with E-state index in [0.717, 1.165) is 17.7 Å². The van der Waals surface area contributed by atoms with E-state index >= 15 is 0 Å². The predicted octanol–water partition coefficient (Wildman–Crippen LogP) is 3.37. The van der Waals surface area contributed by atoms with Crippen molar-refractivity contribution in [1.29, 1.82) is 0 Å².